The normalized spacial score (nSPS) is 21.3. The Bertz CT molecular complexity index is 403. The Morgan fingerprint density at radius 2 is 2.50 bits per heavy atom. The quantitative estimate of drug-likeness (QED) is 0.639. The molecule has 0 saturated carbocycles. The Labute approximate surface area is 81.5 Å². The Morgan fingerprint density at radius 3 is 3.00 bits per heavy atom. The lowest BCUT2D eigenvalue weighted by atomic mass is 10.1. The lowest BCUT2D eigenvalue weighted by Crippen LogP contribution is -2.25. The summed E-state index contributed by atoms with van der Waals surface area (Å²) in [6, 6.07) is 0. The van der Waals surface area contributed by atoms with E-state index in [0.29, 0.717) is 24.7 Å². The van der Waals surface area contributed by atoms with E-state index in [9.17, 15) is 4.79 Å². The number of H-pyrrole nitrogens is 1. The van der Waals surface area contributed by atoms with Crippen LogP contribution in [0.3, 0.4) is 0 Å². The fourth-order valence-corrected chi connectivity index (χ4v) is 1.46. The summed E-state index contributed by atoms with van der Waals surface area (Å²) in [5.74, 6) is 3.67. The zero-order valence-corrected chi connectivity index (χ0v) is 7.82. The topological polar surface area (TPSA) is 61.9 Å². The van der Waals surface area contributed by atoms with Crippen LogP contribution in [0.5, 0.6) is 0 Å². The second-order valence-electron chi connectivity index (χ2n) is 3.29. The third kappa shape index (κ3) is 1.35. The van der Waals surface area contributed by atoms with Crippen LogP contribution in [0, 0.1) is 25.2 Å². The molecule has 0 bridgehead atoms. The number of terminal acetylenes is 1. The molecule has 1 aromatic heterocycles. The third-order valence-corrected chi connectivity index (χ3v) is 2.19. The SMILES string of the molecule is C#CC1CC(=O)N(c2n[nH]c(C)n2)C1. The van der Waals surface area contributed by atoms with Crippen molar-refractivity contribution >= 4 is 11.9 Å². The van der Waals surface area contributed by atoms with Crippen LogP contribution in [0.4, 0.5) is 5.95 Å². The van der Waals surface area contributed by atoms with Crippen molar-refractivity contribution in [1.82, 2.24) is 15.2 Å². The average molecular weight is 190 g/mol. The maximum atomic E-state index is 11.5. The Balaban J connectivity index is 2.21. The minimum atomic E-state index is -0.0127. The molecule has 14 heavy (non-hydrogen) atoms. The van der Waals surface area contributed by atoms with Crippen LogP contribution in [0.25, 0.3) is 0 Å². The summed E-state index contributed by atoms with van der Waals surface area (Å²) < 4.78 is 0. The van der Waals surface area contributed by atoms with Gasteiger partial charge in [0.1, 0.15) is 5.82 Å². The lowest BCUT2D eigenvalue weighted by Gasteiger charge is -2.09. The number of carbonyl (C=O) groups is 1. The van der Waals surface area contributed by atoms with Gasteiger partial charge >= 0.3 is 0 Å². The molecule has 0 aromatic carbocycles. The van der Waals surface area contributed by atoms with E-state index in [2.05, 4.69) is 21.1 Å². The minimum absolute atomic E-state index is 0.00745. The standard InChI is InChI=1S/C9H10N4O/c1-3-7-4-8(14)13(5-7)9-10-6(2)11-12-9/h1,7H,4-5H2,2H3,(H,10,11,12). The highest BCUT2D eigenvalue weighted by Gasteiger charge is 2.31. The van der Waals surface area contributed by atoms with Gasteiger partial charge in [0.15, 0.2) is 0 Å². The van der Waals surface area contributed by atoms with Crippen molar-refractivity contribution < 1.29 is 4.79 Å². The average Bonchev–Trinajstić information content (AvgIpc) is 2.71. The van der Waals surface area contributed by atoms with Crippen LogP contribution in [0.15, 0.2) is 0 Å². The van der Waals surface area contributed by atoms with Crippen molar-refractivity contribution in [2.24, 2.45) is 5.92 Å². The molecule has 5 nitrogen and oxygen atoms in total. The lowest BCUT2D eigenvalue weighted by molar-refractivity contribution is -0.117. The predicted molar refractivity (Wildman–Crippen MR) is 50.4 cm³/mol. The van der Waals surface area contributed by atoms with Gasteiger partial charge in [-0.2, -0.15) is 4.98 Å². The first-order valence-electron chi connectivity index (χ1n) is 4.36. The predicted octanol–water partition coefficient (Wildman–Crippen LogP) is 0.0992. The van der Waals surface area contributed by atoms with Gasteiger partial charge in [-0.05, 0) is 6.92 Å². The molecule has 1 N–H and O–H groups in total. The third-order valence-electron chi connectivity index (χ3n) is 2.19. The van der Waals surface area contributed by atoms with Crippen LogP contribution in [0.1, 0.15) is 12.2 Å². The molecular formula is C9H10N4O. The van der Waals surface area contributed by atoms with E-state index in [-0.39, 0.29) is 11.8 Å². The van der Waals surface area contributed by atoms with Gasteiger partial charge in [-0.15, -0.1) is 17.4 Å². The summed E-state index contributed by atoms with van der Waals surface area (Å²) in [6.45, 7) is 2.31. The first-order valence-corrected chi connectivity index (χ1v) is 4.36. The highest BCUT2D eigenvalue weighted by molar-refractivity contribution is 5.94. The number of nitrogens with one attached hydrogen (secondary N) is 1. The second kappa shape index (κ2) is 3.14. The zero-order valence-electron chi connectivity index (χ0n) is 7.82. The van der Waals surface area contributed by atoms with E-state index in [1.165, 1.54) is 4.90 Å². The smallest absolute Gasteiger partial charge is 0.251 e. The van der Waals surface area contributed by atoms with Crippen LogP contribution in [-0.4, -0.2) is 27.6 Å². The Morgan fingerprint density at radius 1 is 1.71 bits per heavy atom. The van der Waals surface area contributed by atoms with Crippen LogP contribution < -0.4 is 4.90 Å². The maximum Gasteiger partial charge on any atom is 0.251 e. The number of nitrogens with zero attached hydrogens (tertiary/aromatic N) is 3. The number of anilines is 1. The largest absolute Gasteiger partial charge is 0.278 e. The highest BCUT2D eigenvalue weighted by atomic mass is 16.2. The highest BCUT2D eigenvalue weighted by Crippen LogP contribution is 2.20. The van der Waals surface area contributed by atoms with Gasteiger partial charge in [0.25, 0.3) is 5.95 Å². The van der Waals surface area contributed by atoms with Crippen LogP contribution in [0.2, 0.25) is 0 Å². The van der Waals surface area contributed by atoms with Gasteiger partial charge < -0.3 is 0 Å². The van der Waals surface area contributed by atoms with Gasteiger partial charge in [0.05, 0.1) is 0 Å². The van der Waals surface area contributed by atoms with Crippen LogP contribution >= 0.6 is 0 Å². The molecule has 1 saturated heterocycles. The molecule has 1 aliphatic rings. The fourth-order valence-electron chi connectivity index (χ4n) is 1.46. The number of aryl methyl sites for hydroxylation is 1. The molecule has 1 fully saturated rings. The molecule has 1 amide bonds. The minimum Gasteiger partial charge on any atom is -0.278 e. The van der Waals surface area contributed by atoms with Crippen molar-refractivity contribution in [2.75, 3.05) is 11.4 Å². The Hall–Kier alpha value is -1.83. The number of aromatic amines is 1. The van der Waals surface area contributed by atoms with Gasteiger partial charge in [0.2, 0.25) is 5.91 Å². The summed E-state index contributed by atoms with van der Waals surface area (Å²) in [5, 5.41) is 6.61. The van der Waals surface area contributed by atoms with E-state index in [1.807, 2.05) is 0 Å². The first kappa shape index (κ1) is 8.75. The van der Waals surface area contributed by atoms with E-state index < -0.39 is 0 Å². The molecule has 2 rings (SSSR count). The molecular weight excluding hydrogens is 180 g/mol. The zero-order chi connectivity index (χ0) is 10.1. The fraction of sp³-hybridized carbons (Fsp3) is 0.444. The summed E-state index contributed by atoms with van der Waals surface area (Å²) >= 11 is 0. The summed E-state index contributed by atoms with van der Waals surface area (Å²) in [7, 11) is 0. The number of rotatable bonds is 1. The second-order valence-corrected chi connectivity index (χ2v) is 3.29. The molecule has 0 spiro atoms. The van der Waals surface area contributed by atoms with Gasteiger partial charge in [0, 0.05) is 18.9 Å². The molecule has 5 heteroatoms. The Kier molecular flexibility index (Phi) is 1.97. The molecule has 0 radical (unpaired) electrons. The van der Waals surface area contributed by atoms with Gasteiger partial charge in [-0.25, -0.2) is 0 Å². The number of aromatic nitrogens is 3. The molecule has 1 unspecified atom stereocenters. The van der Waals surface area contributed by atoms with Crippen molar-refractivity contribution in [3.63, 3.8) is 0 Å². The summed E-state index contributed by atoms with van der Waals surface area (Å²) in [5.41, 5.74) is 0. The summed E-state index contributed by atoms with van der Waals surface area (Å²) in [4.78, 5) is 17.1. The van der Waals surface area contributed by atoms with Gasteiger partial charge in [-0.3, -0.25) is 14.8 Å². The maximum absolute atomic E-state index is 11.5. The molecule has 2 heterocycles. The monoisotopic (exact) mass is 190 g/mol. The molecule has 1 aromatic rings. The van der Waals surface area contributed by atoms with Crippen molar-refractivity contribution in [2.45, 2.75) is 13.3 Å². The van der Waals surface area contributed by atoms with E-state index in [4.69, 9.17) is 6.42 Å². The van der Waals surface area contributed by atoms with Crippen LogP contribution in [-0.2, 0) is 4.79 Å². The van der Waals surface area contributed by atoms with Crippen molar-refractivity contribution in [3.8, 4) is 12.3 Å². The number of hydrogen-bond donors (Lipinski definition) is 1. The van der Waals surface area contributed by atoms with E-state index >= 15 is 0 Å². The van der Waals surface area contributed by atoms with Crippen molar-refractivity contribution in [1.29, 1.82) is 0 Å². The number of hydrogen-bond acceptors (Lipinski definition) is 3. The van der Waals surface area contributed by atoms with E-state index in [1.54, 1.807) is 6.92 Å². The molecule has 0 aliphatic carbocycles. The molecule has 1 atom stereocenters. The number of amides is 1. The van der Waals surface area contributed by atoms with Crippen molar-refractivity contribution in [3.05, 3.63) is 5.82 Å². The van der Waals surface area contributed by atoms with Gasteiger partial charge in [-0.1, -0.05) is 0 Å². The number of carbonyl (C=O) groups excluding carboxylic acids is 1. The first-order chi connectivity index (χ1) is 6.70. The van der Waals surface area contributed by atoms with E-state index in [0.717, 1.165) is 0 Å². The summed E-state index contributed by atoms with van der Waals surface area (Å²) in [6.07, 6.45) is 5.66. The molecule has 1 aliphatic heterocycles. The molecule has 72 valence electrons.